The zero-order valence-corrected chi connectivity index (χ0v) is 11.2. The standard InChI is InChI=1S/C13H13F3N4O/c1-8-18-11(20-19-8)9-2-4-10(5-3-9)12(21)17-7-6-13(14,15)16/h2-5H,6-7H2,1H3,(H,17,21)(H,18,19,20). The number of rotatable bonds is 4. The molecule has 2 N–H and O–H groups in total. The first-order chi connectivity index (χ1) is 9.85. The lowest BCUT2D eigenvalue weighted by Gasteiger charge is -2.08. The maximum absolute atomic E-state index is 12.0. The van der Waals surface area contributed by atoms with Crippen LogP contribution in [0.1, 0.15) is 22.6 Å². The quantitative estimate of drug-likeness (QED) is 0.911. The number of aromatic nitrogens is 3. The third kappa shape index (κ3) is 4.30. The molecule has 0 fully saturated rings. The van der Waals surface area contributed by atoms with Crippen LogP contribution in [0.15, 0.2) is 24.3 Å². The van der Waals surface area contributed by atoms with Crippen LogP contribution in [0, 0.1) is 6.92 Å². The third-order valence-corrected chi connectivity index (χ3v) is 2.70. The molecule has 0 saturated carbocycles. The summed E-state index contributed by atoms with van der Waals surface area (Å²) in [5, 5.41) is 8.90. The summed E-state index contributed by atoms with van der Waals surface area (Å²) in [6, 6.07) is 6.32. The Morgan fingerprint density at radius 3 is 2.48 bits per heavy atom. The van der Waals surface area contributed by atoms with Gasteiger partial charge >= 0.3 is 6.18 Å². The van der Waals surface area contributed by atoms with Gasteiger partial charge < -0.3 is 5.32 Å². The Bertz CT molecular complexity index is 619. The molecule has 2 aromatic rings. The minimum atomic E-state index is -4.28. The van der Waals surface area contributed by atoms with E-state index in [1.54, 1.807) is 19.1 Å². The number of nitrogens with one attached hydrogen (secondary N) is 2. The van der Waals surface area contributed by atoms with Crippen molar-refractivity contribution in [3.05, 3.63) is 35.7 Å². The van der Waals surface area contributed by atoms with E-state index in [1.807, 2.05) is 0 Å². The Kier molecular flexibility index (Phi) is 4.25. The molecule has 21 heavy (non-hydrogen) atoms. The van der Waals surface area contributed by atoms with Crippen LogP contribution in [0.3, 0.4) is 0 Å². The van der Waals surface area contributed by atoms with Gasteiger partial charge in [-0.25, -0.2) is 4.98 Å². The summed E-state index contributed by atoms with van der Waals surface area (Å²) in [5.74, 6) is 0.618. The van der Waals surface area contributed by atoms with E-state index in [1.165, 1.54) is 12.1 Å². The molecule has 5 nitrogen and oxygen atoms in total. The van der Waals surface area contributed by atoms with Gasteiger partial charge in [-0.05, 0) is 19.1 Å². The van der Waals surface area contributed by atoms with Crippen LogP contribution in [0.25, 0.3) is 11.4 Å². The second kappa shape index (κ2) is 5.94. The summed E-state index contributed by atoms with van der Waals surface area (Å²) < 4.78 is 35.9. The predicted molar refractivity (Wildman–Crippen MR) is 69.6 cm³/mol. The van der Waals surface area contributed by atoms with Crippen LogP contribution in [0.2, 0.25) is 0 Å². The molecule has 0 aliphatic carbocycles. The average Bonchev–Trinajstić information content (AvgIpc) is 2.84. The Hall–Kier alpha value is -2.38. The van der Waals surface area contributed by atoms with Gasteiger partial charge in [0.15, 0.2) is 5.82 Å². The van der Waals surface area contributed by atoms with E-state index < -0.39 is 25.0 Å². The highest BCUT2D eigenvalue weighted by Gasteiger charge is 2.26. The fourth-order valence-electron chi connectivity index (χ4n) is 1.66. The van der Waals surface area contributed by atoms with Crippen molar-refractivity contribution in [2.75, 3.05) is 6.54 Å². The SMILES string of the molecule is Cc1nc(-c2ccc(C(=O)NCCC(F)(F)F)cc2)n[nH]1. The Morgan fingerprint density at radius 2 is 1.95 bits per heavy atom. The fraction of sp³-hybridized carbons (Fsp3) is 0.308. The van der Waals surface area contributed by atoms with Gasteiger partial charge in [-0.3, -0.25) is 9.89 Å². The maximum atomic E-state index is 12.0. The van der Waals surface area contributed by atoms with E-state index >= 15 is 0 Å². The van der Waals surface area contributed by atoms with E-state index in [0.29, 0.717) is 17.2 Å². The molecule has 2 rings (SSSR count). The minimum absolute atomic E-state index is 0.285. The second-order valence-electron chi connectivity index (χ2n) is 4.44. The molecular formula is C13H13F3N4O. The van der Waals surface area contributed by atoms with Gasteiger partial charge in [-0.15, -0.1) is 0 Å². The molecule has 0 spiro atoms. The number of aryl methyl sites for hydroxylation is 1. The second-order valence-corrected chi connectivity index (χ2v) is 4.44. The van der Waals surface area contributed by atoms with Crippen LogP contribution >= 0.6 is 0 Å². The van der Waals surface area contributed by atoms with Crippen LogP contribution in [0.5, 0.6) is 0 Å². The van der Waals surface area contributed by atoms with E-state index in [0.717, 1.165) is 0 Å². The monoisotopic (exact) mass is 298 g/mol. The summed E-state index contributed by atoms with van der Waals surface area (Å²) >= 11 is 0. The summed E-state index contributed by atoms with van der Waals surface area (Å²) in [4.78, 5) is 15.8. The number of halogens is 3. The molecule has 0 aliphatic rings. The predicted octanol–water partition coefficient (Wildman–Crippen LogP) is 2.46. The van der Waals surface area contributed by atoms with Gasteiger partial charge in [-0.2, -0.15) is 18.3 Å². The van der Waals surface area contributed by atoms with Crippen molar-refractivity contribution in [3.63, 3.8) is 0 Å². The van der Waals surface area contributed by atoms with Gasteiger partial charge in [-0.1, -0.05) is 12.1 Å². The highest BCUT2D eigenvalue weighted by atomic mass is 19.4. The summed E-state index contributed by atoms with van der Waals surface area (Å²) in [6.07, 6.45) is -5.33. The van der Waals surface area contributed by atoms with Crippen LogP contribution in [0.4, 0.5) is 13.2 Å². The Labute approximate surface area is 118 Å². The van der Waals surface area contributed by atoms with E-state index in [2.05, 4.69) is 20.5 Å². The van der Waals surface area contributed by atoms with Crippen LogP contribution in [-0.2, 0) is 0 Å². The summed E-state index contributed by atoms with van der Waals surface area (Å²) in [5.41, 5.74) is 0.999. The Morgan fingerprint density at radius 1 is 1.29 bits per heavy atom. The van der Waals surface area contributed by atoms with Crippen LogP contribution < -0.4 is 5.32 Å². The number of carbonyl (C=O) groups is 1. The molecule has 1 aromatic heterocycles. The van der Waals surface area contributed by atoms with E-state index in [-0.39, 0.29) is 5.56 Å². The minimum Gasteiger partial charge on any atom is -0.352 e. The van der Waals surface area contributed by atoms with Gasteiger partial charge in [0.2, 0.25) is 0 Å². The number of carbonyl (C=O) groups excluding carboxylic acids is 1. The fourth-order valence-corrected chi connectivity index (χ4v) is 1.66. The lowest BCUT2D eigenvalue weighted by atomic mass is 10.1. The van der Waals surface area contributed by atoms with Crippen molar-refractivity contribution in [3.8, 4) is 11.4 Å². The topological polar surface area (TPSA) is 70.7 Å². The number of H-pyrrole nitrogens is 1. The molecular weight excluding hydrogens is 285 g/mol. The van der Waals surface area contributed by atoms with E-state index in [4.69, 9.17) is 0 Å². The summed E-state index contributed by atoms with van der Waals surface area (Å²) in [6.45, 7) is 1.32. The molecule has 1 heterocycles. The lowest BCUT2D eigenvalue weighted by molar-refractivity contribution is -0.132. The molecule has 112 valence electrons. The highest BCUT2D eigenvalue weighted by Crippen LogP contribution is 2.18. The largest absolute Gasteiger partial charge is 0.390 e. The number of amides is 1. The van der Waals surface area contributed by atoms with Crippen molar-refractivity contribution in [2.45, 2.75) is 19.5 Å². The number of hydrogen-bond acceptors (Lipinski definition) is 3. The molecule has 1 amide bonds. The van der Waals surface area contributed by atoms with Gasteiger partial charge in [0.25, 0.3) is 5.91 Å². The number of aromatic amines is 1. The summed E-state index contributed by atoms with van der Waals surface area (Å²) in [7, 11) is 0. The normalized spacial score (nSPS) is 11.4. The molecule has 0 bridgehead atoms. The van der Waals surface area contributed by atoms with Crippen molar-refractivity contribution >= 4 is 5.91 Å². The Balaban J connectivity index is 1.97. The van der Waals surface area contributed by atoms with Crippen molar-refractivity contribution < 1.29 is 18.0 Å². The lowest BCUT2D eigenvalue weighted by Crippen LogP contribution is -2.27. The molecule has 8 heteroatoms. The zero-order valence-electron chi connectivity index (χ0n) is 11.2. The third-order valence-electron chi connectivity index (χ3n) is 2.70. The van der Waals surface area contributed by atoms with Gasteiger partial charge in [0, 0.05) is 17.7 Å². The highest BCUT2D eigenvalue weighted by molar-refractivity contribution is 5.94. The van der Waals surface area contributed by atoms with Crippen molar-refractivity contribution in [1.29, 1.82) is 0 Å². The molecule has 0 atom stereocenters. The van der Waals surface area contributed by atoms with Gasteiger partial charge in [0.1, 0.15) is 5.82 Å². The van der Waals surface area contributed by atoms with Crippen molar-refractivity contribution in [1.82, 2.24) is 20.5 Å². The maximum Gasteiger partial charge on any atom is 0.390 e. The van der Waals surface area contributed by atoms with E-state index in [9.17, 15) is 18.0 Å². The zero-order chi connectivity index (χ0) is 15.5. The molecule has 0 aliphatic heterocycles. The van der Waals surface area contributed by atoms with Gasteiger partial charge in [0.05, 0.1) is 6.42 Å². The molecule has 0 saturated heterocycles. The molecule has 0 unspecified atom stereocenters. The number of nitrogens with zero attached hydrogens (tertiary/aromatic N) is 2. The van der Waals surface area contributed by atoms with Crippen LogP contribution in [-0.4, -0.2) is 33.8 Å². The number of hydrogen-bond donors (Lipinski definition) is 2. The molecule has 0 radical (unpaired) electrons. The first-order valence-electron chi connectivity index (χ1n) is 6.19. The van der Waals surface area contributed by atoms with Crippen molar-refractivity contribution in [2.24, 2.45) is 0 Å². The first kappa shape index (κ1) is 15.0. The number of benzene rings is 1. The smallest absolute Gasteiger partial charge is 0.352 e. The molecule has 1 aromatic carbocycles. The number of alkyl halides is 3. The average molecular weight is 298 g/mol. The first-order valence-corrected chi connectivity index (χ1v) is 6.19.